The molecule has 0 spiro atoms. The predicted octanol–water partition coefficient (Wildman–Crippen LogP) is 5.22. The van der Waals surface area contributed by atoms with Gasteiger partial charge in [-0.3, -0.25) is 0 Å². The number of aryl methyl sites for hydroxylation is 2. The van der Waals surface area contributed by atoms with Crippen LogP contribution in [-0.2, 0) is 17.7 Å². The third-order valence-electron chi connectivity index (χ3n) is 6.21. The second-order valence-corrected chi connectivity index (χ2v) is 8.92. The SMILES string of the molecule is CCc1nc2c(C)cc(N/C(=N\C#N)N(C)C)cc2n1Cc1ccc(-c2ccccc2C(=O)OC)cc1. The number of imidazole rings is 1. The molecule has 4 rings (SSSR count). The van der Waals surface area contributed by atoms with E-state index in [1.54, 1.807) is 11.0 Å². The summed E-state index contributed by atoms with van der Waals surface area (Å²) in [4.78, 5) is 22.8. The average Bonchev–Trinajstić information content (AvgIpc) is 3.26. The molecule has 0 unspecified atom stereocenters. The van der Waals surface area contributed by atoms with Gasteiger partial charge in [0.25, 0.3) is 0 Å². The highest BCUT2D eigenvalue weighted by molar-refractivity contribution is 5.97. The Morgan fingerprint density at radius 2 is 1.89 bits per heavy atom. The molecule has 1 N–H and O–H groups in total. The van der Waals surface area contributed by atoms with Crippen LogP contribution in [0.3, 0.4) is 0 Å². The summed E-state index contributed by atoms with van der Waals surface area (Å²) < 4.78 is 7.17. The first-order chi connectivity index (χ1) is 17.9. The van der Waals surface area contributed by atoms with Crippen molar-refractivity contribution >= 4 is 28.6 Å². The molecule has 0 saturated carbocycles. The van der Waals surface area contributed by atoms with Gasteiger partial charge in [-0.05, 0) is 47.4 Å². The first-order valence-corrected chi connectivity index (χ1v) is 12.0. The van der Waals surface area contributed by atoms with Gasteiger partial charge in [0.15, 0.2) is 0 Å². The largest absolute Gasteiger partial charge is 0.465 e. The normalized spacial score (nSPS) is 11.3. The minimum absolute atomic E-state index is 0.353. The molecule has 0 saturated heterocycles. The van der Waals surface area contributed by atoms with Crippen molar-refractivity contribution in [2.24, 2.45) is 4.99 Å². The number of hydrogen-bond acceptors (Lipinski definition) is 5. The second-order valence-electron chi connectivity index (χ2n) is 8.92. The molecule has 4 aromatic rings. The lowest BCUT2D eigenvalue weighted by Gasteiger charge is -2.17. The zero-order chi connectivity index (χ0) is 26.5. The zero-order valence-electron chi connectivity index (χ0n) is 21.7. The van der Waals surface area contributed by atoms with E-state index in [0.29, 0.717) is 18.1 Å². The fourth-order valence-corrected chi connectivity index (χ4v) is 4.37. The number of carbonyl (C=O) groups excluding carboxylic acids is 1. The van der Waals surface area contributed by atoms with Crippen LogP contribution in [0.4, 0.5) is 5.69 Å². The van der Waals surface area contributed by atoms with E-state index in [2.05, 4.69) is 33.9 Å². The van der Waals surface area contributed by atoms with Gasteiger partial charge >= 0.3 is 5.97 Å². The number of hydrogen-bond donors (Lipinski definition) is 1. The highest BCUT2D eigenvalue weighted by atomic mass is 16.5. The average molecular weight is 495 g/mol. The van der Waals surface area contributed by atoms with Crippen LogP contribution in [-0.4, -0.2) is 47.6 Å². The fraction of sp³-hybridized carbons (Fsp3) is 0.241. The number of methoxy groups -OCH3 is 1. The molecular weight excluding hydrogens is 464 g/mol. The highest BCUT2D eigenvalue weighted by Crippen LogP contribution is 2.28. The smallest absolute Gasteiger partial charge is 0.338 e. The number of anilines is 1. The van der Waals surface area contributed by atoms with Crippen LogP contribution < -0.4 is 5.32 Å². The second kappa shape index (κ2) is 11.0. The number of rotatable bonds is 6. The Balaban J connectivity index is 1.70. The van der Waals surface area contributed by atoms with Crippen LogP contribution in [0.5, 0.6) is 0 Å². The maximum Gasteiger partial charge on any atom is 0.338 e. The monoisotopic (exact) mass is 494 g/mol. The van der Waals surface area contributed by atoms with Gasteiger partial charge in [-0.15, -0.1) is 4.99 Å². The van der Waals surface area contributed by atoms with E-state index in [4.69, 9.17) is 15.0 Å². The Labute approximate surface area is 216 Å². The number of ether oxygens (including phenoxy) is 1. The highest BCUT2D eigenvalue weighted by Gasteiger charge is 2.16. The van der Waals surface area contributed by atoms with Gasteiger partial charge in [-0.25, -0.2) is 9.78 Å². The molecule has 1 heterocycles. The lowest BCUT2D eigenvalue weighted by Crippen LogP contribution is -2.29. The molecule has 0 aliphatic carbocycles. The summed E-state index contributed by atoms with van der Waals surface area (Å²) in [6.07, 6.45) is 2.64. The van der Waals surface area contributed by atoms with Crippen LogP contribution in [0.15, 0.2) is 65.7 Å². The van der Waals surface area contributed by atoms with E-state index in [-0.39, 0.29) is 5.97 Å². The molecule has 0 amide bonds. The van der Waals surface area contributed by atoms with Crippen molar-refractivity contribution in [3.63, 3.8) is 0 Å². The number of guanidine groups is 1. The van der Waals surface area contributed by atoms with Gasteiger partial charge in [0.1, 0.15) is 5.82 Å². The molecule has 8 nitrogen and oxygen atoms in total. The van der Waals surface area contributed by atoms with Crippen molar-refractivity contribution < 1.29 is 9.53 Å². The van der Waals surface area contributed by atoms with E-state index in [1.807, 2.05) is 69.7 Å². The van der Waals surface area contributed by atoms with Crippen LogP contribution in [0, 0.1) is 18.4 Å². The minimum atomic E-state index is -0.353. The predicted molar refractivity (Wildman–Crippen MR) is 147 cm³/mol. The van der Waals surface area contributed by atoms with Gasteiger partial charge in [-0.2, -0.15) is 5.26 Å². The van der Waals surface area contributed by atoms with Crippen LogP contribution in [0.25, 0.3) is 22.2 Å². The Morgan fingerprint density at radius 3 is 2.54 bits per heavy atom. The molecule has 0 aliphatic heterocycles. The van der Waals surface area contributed by atoms with Crippen LogP contribution >= 0.6 is 0 Å². The van der Waals surface area contributed by atoms with E-state index in [1.165, 1.54) is 7.11 Å². The van der Waals surface area contributed by atoms with Gasteiger partial charge in [0, 0.05) is 32.7 Å². The lowest BCUT2D eigenvalue weighted by atomic mass is 9.98. The Morgan fingerprint density at radius 1 is 1.16 bits per heavy atom. The molecule has 37 heavy (non-hydrogen) atoms. The van der Waals surface area contributed by atoms with Crippen molar-refractivity contribution in [2.75, 3.05) is 26.5 Å². The van der Waals surface area contributed by atoms with Crippen molar-refractivity contribution in [1.82, 2.24) is 14.5 Å². The zero-order valence-corrected chi connectivity index (χ0v) is 21.7. The summed E-state index contributed by atoms with van der Waals surface area (Å²) in [6.45, 7) is 4.78. The summed E-state index contributed by atoms with van der Waals surface area (Å²) in [6, 6.07) is 19.7. The summed E-state index contributed by atoms with van der Waals surface area (Å²) >= 11 is 0. The first-order valence-electron chi connectivity index (χ1n) is 12.0. The van der Waals surface area contributed by atoms with Gasteiger partial charge in [0.2, 0.25) is 12.2 Å². The van der Waals surface area contributed by atoms with E-state index < -0.39 is 0 Å². The minimum Gasteiger partial charge on any atom is -0.465 e. The molecule has 1 aromatic heterocycles. The van der Waals surface area contributed by atoms with Gasteiger partial charge in [-0.1, -0.05) is 49.4 Å². The third-order valence-corrected chi connectivity index (χ3v) is 6.21. The lowest BCUT2D eigenvalue weighted by molar-refractivity contribution is 0.0601. The maximum atomic E-state index is 12.2. The number of aliphatic imine (C=N–C) groups is 1. The molecule has 0 atom stereocenters. The summed E-state index contributed by atoms with van der Waals surface area (Å²) in [5, 5.41) is 12.3. The number of nitrogens with zero attached hydrogens (tertiary/aromatic N) is 5. The number of esters is 1. The summed E-state index contributed by atoms with van der Waals surface area (Å²) in [5.74, 6) is 1.11. The van der Waals surface area contributed by atoms with Gasteiger partial charge in [0.05, 0.1) is 23.7 Å². The number of fused-ring (bicyclic) bond motifs is 1. The third kappa shape index (κ3) is 5.31. The number of carbonyl (C=O) groups is 1. The van der Waals surface area contributed by atoms with E-state index in [0.717, 1.165) is 51.2 Å². The molecule has 188 valence electrons. The summed E-state index contributed by atoms with van der Waals surface area (Å²) in [5.41, 5.74) is 7.29. The Bertz CT molecular complexity index is 1510. The van der Waals surface area contributed by atoms with Crippen LogP contribution in [0.1, 0.15) is 34.2 Å². The quantitative estimate of drug-likeness (QED) is 0.171. The Hall–Kier alpha value is -4.64. The summed E-state index contributed by atoms with van der Waals surface area (Å²) in [7, 11) is 5.06. The van der Waals surface area contributed by atoms with Crippen molar-refractivity contribution in [3.05, 3.63) is 83.2 Å². The number of nitriles is 1. The van der Waals surface area contributed by atoms with Crippen molar-refractivity contribution in [2.45, 2.75) is 26.8 Å². The maximum absolute atomic E-state index is 12.2. The number of aromatic nitrogens is 2. The molecule has 0 radical (unpaired) electrons. The molecule has 3 aromatic carbocycles. The van der Waals surface area contributed by atoms with E-state index in [9.17, 15) is 4.79 Å². The standard InChI is InChI=1S/C29H30N6O2/c1-6-26-33-27-19(2)15-22(32-29(31-18-30)34(3)4)16-25(27)35(26)17-20-11-13-21(14-12-20)23-9-7-8-10-24(23)28(36)37-5/h7-16H,6,17H2,1-5H3,(H,31,32). The number of nitrogens with one attached hydrogen (secondary N) is 1. The van der Waals surface area contributed by atoms with Crippen molar-refractivity contribution in [1.29, 1.82) is 5.26 Å². The number of benzene rings is 3. The fourth-order valence-electron chi connectivity index (χ4n) is 4.37. The first kappa shape index (κ1) is 25.5. The molecular formula is C29H30N6O2. The molecule has 0 bridgehead atoms. The molecule has 0 fully saturated rings. The van der Waals surface area contributed by atoms with E-state index >= 15 is 0 Å². The van der Waals surface area contributed by atoms with Crippen LogP contribution in [0.2, 0.25) is 0 Å². The van der Waals surface area contributed by atoms with Gasteiger partial charge < -0.3 is 19.5 Å². The molecule has 8 heteroatoms. The molecule has 0 aliphatic rings. The Kier molecular flexibility index (Phi) is 7.54. The topological polar surface area (TPSA) is 95.5 Å². The van der Waals surface area contributed by atoms with Crippen molar-refractivity contribution in [3.8, 4) is 17.3 Å².